The highest BCUT2D eigenvalue weighted by molar-refractivity contribution is 5.35. The van der Waals surface area contributed by atoms with Gasteiger partial charge in [0.05, 0.1) is 11.7 Å². The van der Waals surface area contributed by atoms with E-state index in [9.17, 15) is 18.3 Å². The van der Waals surface area contributed by atoms with E-state index >= 15 is 0 Å². The second kappa shape index (κ2) is 6.18. The maximum Gasteiger partial charge on any atom is 0.416 e. The smallest absolute Gasteiger partial charge is 0.416 e. The van der Waals surface area contributed by atoms with E-state index in [4.69, 9.17) is 4.74 Å². The van der Waals surface area contributed by atoms with Crippen molar-refractivity contribution in [3.63, 3.8) is 0 Å². The SMILES string of the molecule is C[C@@H](O)c1ccccc1OCc1ccc(C(F)(F)F)cc1. The summed E-state index contributed by atoms with van der Waals surface area (Å²) in [5.74, 6) is 0.521. The highest BCUT2D eigenvalue weighted by Gasteiger charge is 2.29. The van der Waals surface area contributed by atoms with Gasteiger partial charge in [0.15, 0.2) is 0 Å². The summed E-state index contributed by atoms with van der Waals surface area (Å²) in [4.78, 5) is 0. The molecule has 0 saturated carbocycles. The number of para-hydroxylation sites is 1. The largest absolute Gasteiger partial charge is 0.489 e. The van der Waals surface area contributed by atoms with Gasteiger partial charge in [-0.25, -0.2) is 0 Å². The number of alkyl halides is 3. The van der Waals surface area contributed by atoms with Crippen molar-refractivity contribution < 1.29 is 23.0 Å². The first-order chi connectivity index (χ1) is 9.88. The van der Waals surface area contributed by atoms with Gasteiger partial charge in [-0.15, -0.1) is 0 Å². The number of hydrogen-bond donors (Lipinski definition) is 1. The Balaban J connectivity index is 2.07. The quantitative estimate of drug-likeness (QED) is 0.909. The number of halogens is 3. The highest BCUT2D eigenvalue weighted by atomic mass is 19.4. The first-order valence-corrected chi connectivity index (χ1v) is 6.44. The van der Waals surface area contributed by atoms with Crippen LogP contribution in [0, 0.1) is 0 Å². The first-order valence-electron chi connectivity index (χ1n) is 6.44. The van der Waals surface area contributed by atoms with Crippen LogP contribution in [0.25, 0.3) is 0 Å². The highest BCUT2D eigenvalue weighted by Crippen LogP contribution is 2.29. The number of ether oxygens (including phenoxy) is 1. The van der Waals surface area contributed by atoms with Gasteiger partial charge in [-0.2, -0.15) is 13.2 Å². The van der Waals surface area contributed by atoms with E-state index < -0.39 is 17.8 Å². The van der Waals surface area contributed by atoms with Crippen molar-refractivity contribution in [1.82, 2.24) is 0 Å². The average Bonchev–Trinajstić information content (AvgIpc) is 2.45. The lowest BCUT2D eigenvalue weighted by Gasteiger charge is -2.13. The molecule has 1 N–H and O–H groups in total. The molecule has 2 nitrogen and oxygen atoms in total. The fourth-order valence-corrected chi connectivity index (χ4v) is 1.91. The van der Waals surface area contributed by atoms with Crippen LogP contribution in [0.1, 0.15) is 29.7 Å². The summed E-state index contributed by atoms with van der Waals surface area (Å²) >= 11 is 0. The predicted octanol–water partition coefficient (Wildman–Crippen LogP) is 4.34. The van der Waals surface area contributed by atoms with E-state index in [1.807, 2.05) is 0 Å². The van der Waals surface area contributed by atoms with Crippen LogP contribution in [-0.4, -0.2) is 5.11 Å². The maximum atomic E-state index is 12.5. The van der Waals surface area contributed by atoms with Crippen molar-refractivity contribution in [2.24, 2.45) is 0 Å². The summed E-state index contributed by atoms with van der Waals surface area (Å²) in [6, 6.07) is 11.8. The molecule has 0 heterocycles. The van der Waals surface area contributed by atoms with Crippen LogP contribution in [0.4, 0.5) is 13.2 Å². The molecule has 2 aromatic rings. The van der Waals surface area contributed by atoms with Gasteiger partial charge in [0, 0.05) is 5.56 Å². The van der Waals surface area contributed by atoms with Crippen LogP contribution in [-0.2, 0) is 12.8 Å². The van der Waals surface area contributed by atoms with E-state index in [2.05, 4.69) is 0 Å². The van der Waals surface area contributed by atoms with Crippen molar-refractivity contribution in [3.8, 4) is 5.75 Å². The van der Waals surface area contributed by atoms with Gasteiger partial charge in [0.2, 0.25) is 0 Å². The number of rotatable bonds is 4. The monoisotopic (exact) mass is 296 g/mol. The minimum absolute atomic E-state index is 0.141. The molecule has 5 heteroatoms. The van der Waals surface area contributed by atoms with Crippen LogP contribution >= 0.6 is 0 Å². The summed E-state index contributed by atoms with van der Waals surface area (Å²) in [5, 5.41) is 9.62. The zero-order valence-electron chi connectivity index (χ0n) is 11.4. The molecule has 0 saturated heterocycles. The summed E-state index contributed by atoms with van der Waals surface area (Å²) < 4.78 is 42.9. The van der Waals surface area contributed by atoms with E-state index in [1.165, 1.54) is 12.1 Å². The third kappa shape index (κ3) is 3.98. The van der Waals surface area contributed by atoms with E-state index in [1.54, 1.807) is 31.2 Å². The Kier molecular flexibility index (Phi) is 4.53. The molecule has 0 spiro atoms. The van der Waals surface area contributed by atoms with Crippen molar-refractivity contribution in [2.75, 3.05) is 0 Å². The van der Waals surface area contributed by atoms with Crippen LogP contribution in [0.2, 0.25) is 0 Å². The molecule has 0 radical (unpaired) electrons. The Bertz CT molecular complexity index is 589. The molecule has 0 unspecified atom stereocenters. The Morgan fingerprint density at radius 1 is 1.05 bits per heavy atom. The van der Waals surface area contributed by atoms with Crippen LogP contribution in [0.3, 0.4) is 0 Å². The Labute approximate surface area is 120 Å². The van der Waals surface area contributed by atoms with Crippen LogP contribution in [0.5, 0.6) is 5.75 Å². The Morgan fingerprint density at radius 3 is 2.24 bits per heavy atom. The summed E-state index contributed by atoms with van der Waals surface area (Å²) in [6.07, 6.45) is -5.01. The molecular formula is C16H15F3O2. The van der Waals surface area contributed by atoms with Crippen molar-refractivity contribution >= 4 is 0 Å². The standard InChI is InChI=1S/C16H15F3O2/c1-11(20)14-4-2-3-5-15(14)21-10-12-6-8-13(9-7-12)16(17,18)19/h2-9,11,20H,10H2,1H3/t11-/m1/s1. The lowest BCUT2D eigenvalue weighted by molar-refractivity contribution is -0.137. The predicted molar refractivity (Wildman–Crippen MR) is 72.9 cm³/mol. The Morgan fingerprint density at radius 2 is 1.67 bits per heavy atom. The fourth-order valence-electron chi connectivity index (χ4n) is 1.91. The van der Waals surface area contributed by atoms with Gasteiger partial charge in [-0.1, -0.05) is 30.3 Å². The zero-order valence-corrected chi connectivity index (χ0v) is 11.4. The molecule has 0 fully saturated rings. The number of hydrogen-bond acceptors (Lipinski definition) is 2. The summed E-state index contributed by atoms with van der Waals surface area (Å²) in [5.41, 5.74) is 0.587. The summed E-state index contributed by atoms with van der Waals surface area (Å²) in [7, 11) is 0. The third-order valence-corrected chi connectivity index (χ3v) is 3.04. The number of aliphatic hydroxyl groups is 1. The molecule has 0 aliphatic rings. The van der Waals surface area contributed by atoms with Crippen molar-refractivity contribution in [3.05, 3.63) is 65.2 Å². The fraction of sp³-hybridized carbons (Fsp3) is 0.250. The lowest BCUT2D eigenvalue weighted by atomic mass is 10.1. The van der Waals surface area contributed by atoms with Gasteiger partial charge in [-0.05, 0) is 30.7 Å². The lowest BCUT2D eigenvalue weighted by Crippen LogP contribution is -2.05. The molecule has 2 aromatic carbocycles. The topological polar surface area (TPSA) is 29.5 Å². The molecule has 1 atom stereocenters. The first kappa shape index (κ1) is 15.4. The molecular weight excluding hydrogens is 281 g/mol. The van der Waals surface area contributed by atoms with E-state index in [0.29, 0.717) is 16.9 Å². The number of benzene rings is 2. The van der Waals surface area contributed by atoms with E-state index in [0.717, 1.165) is 12.1 Å². The number of aliphatic hydroxyl groups excluding tert-OH is 1. The van der Waals surface area contributed by atoms with Crippen molar-refractivity contribution in [1.29, 1.82) is 0 Å². The minimum Gasteiger partial charge on any atom is -0.489 e. The molecule has 0 aromatic heterocycles. The van der Waals surface area contributed by atoms with Gasteiger partial charge >= 0.3 is 6.18 Å². The van der Waals surface area contributed by atoms with Gasteiger partial charge < -0.3 is 9.84 Å². The second-order valence-corrected chi connectivity index (χ2v) is 4.70. The zero-order chi connectivity index (χ0) is 15.5. The Hall–Kier alpha value is -2.01. The molecule has 0 aliphatic heterocycles. The average molecular weight is 296 g/mol. The molecule has 21 heavy (non-hydrogen) atoms. The molecule has 0 amide bonds. The minimum atomic E-state index is -4.34. The maximum absolute atomic E-state index is 12.5. The van der Waals surface area contributed by atoms with Gasteiger partial charge in [0.25, 0.3) is 0 Å². The molecule has 112 valence electrons. The second-order valence-electron chi connectivity index (χ2n) is 4.70. The molecule has 0 bridgehead atoms. The van der Waals surface area contributed by atoms with Gasteiger partial charge in [-0.3, -0.25) is 0 Å². The van der Waals surface area contributed by atoms with Crippen LogP contribution in [0.15, 0.2) is 48.5 Å². The third-order valence-electron chi connectivity index (χ3n) is 3.04. The molecule has 2 rings (SSSR count). The van der Waals surface area contributed by atoms with Crippen LogP contribution < -0.4 is 4.74 Å². The van der Waals surface area contributed by atoms with E-state index in [-0.39, 0.29) is 6.61 Å². The normalized spacial score (nSPS) is 13.0. The van der Waals surface area contributed by atoms with Crippen molar-refractivity contribution in [2.45, 2.75) is 25.8 Å². The van der Waals surface area contributed by atoms with Gasteiger partial charge in [0.1, 0.15) is 12.4 Å². The molecule has 0 aliphatic carbocycles. The summed E-state index contributed by atoms with van der Waals surface area (Å²) in [6.45, 7) is 1.77.